The van der Waals surface area contributed by atoms with Crippen LogP contribution in [0.3, 0.4) is 0 Å². The Bertz CT molecular complexity index is 119. The van der Waals surface area contributed by atoms with Crippen molar-refractivity contribution in [3.8, 4) is 0 Å². The first-order chi connectivity index (χ1) is 5.39. The van der Waals surface area contributed by atoms with Crippen molar-refractivity contribution in [3.63, 3.8) is 0 Å². The van der Waals surface area contributed by atoms with Crippen LogP contribution < -0.4 is 0 Å². The van der Waals surface area contributed by atoms with Crippen LogP contribution in [-0.2, 0) is 0 Å². The Hall–Kier alpha value is -0.0400. The summed E-state index contributed by atoms with van der Waals surface area (Å²) in [5, 5.41) is 0. The van der Waals surface area contributed by atoms with Gasteiger partial charge in [-0.25, -0.2) is 0 Å². The molecule has 2 heterocycles. The molecule has 0 amide bonds. The molecule has 2 aliphatic heterocycles. The molecule has 0 aromatic rings. The highest BCUT2D eigenvalue weighted by atomic mass is 15.3. The maximum atomic E-state index is 2.67. The molecule has 0 aromatic carbocycles. The third-order valence-electron chi connectivity index (χ3n) is 3.33. The quantitative estimate of drug-likeness (QED) is 0.483. The lowest BCUT2D eigenvalue weighted by Crippen LogP contribution is -2.03. The molecule has 3 unspecified atom stereocenters. The van der Waals surface area contributed by atoms with Crippen LogP contribution in [0.5, 0.6) is 0 Å². The van der Waals surface area contributed by atoms with E-state index in [1.165, 1.54) is 45.1 Å². The van der Waals surface area contributed by atoms with Gasteiger partial charge < -0.3 is 0 Å². The molecule has 0 aliphatic carbocycles. The summed E-state index contributed by atoms with van der Waals surface area (Å²) >= 11 is 0. The first kappa shape index (κ1) is 7.60. The van der Waals surface area contributed by atoms with E-state index < -0.39 is 0 Å². The van der Waals surface area contributed by atoms with E-state index in [0.29, 0.717) is 0 Å². The molecular weight excluding hydrogens is 134 g/mol. The van der Waals surface area contributed by atoms with Gasteiger partial charge in [-0.1, -0.05) is 25.7 Å². The van der Waals surface area contributed by atoms with Crippen LogP contribution in [0, 0.1) is 0 Å². The molecule has 2 fully saturated rings. The summed E-state index contributed by atoms with van der Waals surface area (Å²) in [6.45, 7) is 3.76. The molecule has 0 saturated carbocycles. The largest absolute Gasteiger partial charge is 0.295 e. The van der Waals surface area contributed by atoms with E-state index in [4.69, 9.17) is 0 Å². The lowest BCUT2D eigenvalue weighted by Gasteiger charge is -1.99. The molecule has 64 valence electrons. The van der Waals surface area contributed by atoms with Crippen molar-refractivity contribution in [1.29, 1.82) is 0 Å². The molecule has 3 atom stereocenters. The van der Waals surface area contributed by atoms with Gasteiger partial charge in [0.2, 0.25) is 0 Å². The normalized spacial score (nSPS) is 45.0. The molecule has 2 rings (SSSR count). The summed E-state index contributed by atoms with van der Waals surface area (Å²) in [6.07, 6.45) is 8.83. The van der Waals surface area contributed by atoms with Gasteiger partial charge in [0.25, 0.3) is 0 Å². The van der Waals surface area contributed by atoms with Crippen LogP contribution in [0.4, 0.5) is 0 Å². The van der Waals surface area contributed by atoms with Gasteiger partial charge in [0, 0.05) is 12.1 Å². The van der Waals surface area contributed by atoms with Crippen LogP contribution >= 0.6 is 0 Å². The van der Waals surface area contributed by atoms with E-state index in [0.717, 1.165) is 12.1 Å². The fraction of sp³-hybridized carbons (Fsp3) is 1.00. The van der Waals surface area contributed by atoms with Gasteiger partial charge in [-0.05, 0) is 26.3 Å². The summed E-state index contributed by atoms with van der Waals surface area (Å²) in [7, 11) is 0. The van der Waals surface area contributed by atoms with E-state index >= 15 is 0 Å². The van der Waals surface area contributed by atoms with Crippen molar-refractivity contribution >= 4 is 0 Å². The predicted molar refractivity (Wildman–Crippen MR) is 47.7 cm³/mol. The zero-order chi connectivity index (χ0) is 7.68. The standard InChI is InChI=1S/C10H19N/c1-9-10-7-5-3-2-4-6-8-11(9)10/h9-10H,2-8H2,1H3. The van der Waals surface area contributed by atoms with Gasteiger partial charge >= 0.3 is 0 Å². The fourth-order valence-electron chi connectivity index (χ4n) is 2.43. The van der Waals surface area contributed by atoms with Crippen LogP contribution in [-0.4, -0.2) is 23.5 Å². The maximum absolute atomic E-state index is 2.67. The Morgan fingerprint density at radius 1 is 1.00 bits per heavy atom. The summed E-state index contributed by atoms with van der Waals surface area (Å²) in [5.74, 6) is 0. The SMILES string of the molecule is CC1C2CCCCCCCN12. The molecule has 1 nitrogen and oxygen atoms in total. The summed E-state index contributed by atoms with van der Waals surface area (Å²) in [4.78, 5) is 2.67. The van der Waals surface area contributed by atoms with E-state index in [1.807, 2.05) is 0 Å². The first-order valence-corrected chi connectivity index (χ1v) is 5.15. The Balaban J connectivity index is 1.83. The highest BCUT2D eigenvalue weighted by Crippen LogP contribution is 2.33. The molecular formula is C10H19N. The lowest BCUT2D eigenvalue weighted by atomic mass is 10.1. The van der Waals surface area contributed by atoms with E-state index in [1.54, 1.807) is 0 Å². The molecule has 2 saturated heterocycles. The van der Waals surface area contributed by atoms with Gasteiger partial charge in [0.1, 0.15) is 0 Å². The second-order valence-electron chi connectivity index (χ2n) is 4.10. The predicted octanol–water partition coefficient (Wildman–Crippen LogP) is 2.41. The van der Waals surface area contributed by atoms with Crippen molar-refractivity contribution in [1.82, 2.24) is 4.90 Å². The van der Waals surface area contributed by atoms with Crippen LogP contribution in [0.15, 0.2) is 0 Å². The maximum Gasteiger partial charge on any atom is 0.0252 e. The minimum absolute atomic E-state index is 0.924. The fourth-order valence-corrected chi connectivity index (χ4v) is 2.43. The van der Waals surface area contributed by atoms with Gasteiger partial charge in [-0.15, -0.1) is 0 Å². The van der Waals surface area contributed by atoms with Crippen molar-refractivity contribution in [3.05, 3.63) is 0 Å². The van der Waals surface area contributed by atoms with Gasteiger partial charge in [0.05, 0.1) is 0 Å². The van der Waals surface area contributed by atoms with Crippen molar-refractivity contribution in [2.45, 2.75) is 57.5 Å². The number of hydrogen-bond donors (Lipinski definition) is 0. The highest BCUT2D eigenvalue weighted by Gasteiger charge is 2.42. The van der Waals surface area contributed by atoms with E-state index in [-0.39, 0.29) is 0 Å². The summed E-state index contributed by atoms with van der Waals surface area (Å²) < 4.78 is 0. The number of nitrogens with zero attached hydrogens (tertiary/aromatic N) is 1. The topological polar surface area (TPSA) is 3.01 Å². The van der Waals surface area contributed by atoms with Gasteiger partial charge in [0.15, 0.2) is 0 Å². The van der Waals surface area contributed by atoms with Crippen LogP contribution in [0.25, 0.3) is 0 Å². The number of rotatable bonds is 0. The monoisotopic (exact) mass is 153 g/mol. The molecule has 0 N–H and O–H groups in total. The van der Waals surface area contributed by atoms with E-state index in [9.17, 15) is 0 Å². The zero-order valence-electron chi connectivity index (χ0n) is 7.55. The Morgan fingerprint density at radius 2 is 1.73 bits per heavy atom. The first-order valence-electron chi connectivity index (χ1n) is 5.15. The smallest absolute Gasteiger partial charge is 0.0252 e. The molecule has 11 heavy (non-hydrogen) atoms. The molecule has 0 bridgehead atoms. The summed E-state index contributed by atoms with van der Waals surface area (Å²) in [5.41, 5.74) is 0. The molecule has 0 radical (unpaired) electrons. The second kappa shape index (κ2) is 3.14. The molecule has 0 aromatic heterocycles. The third-order valence-corrected chi connectivity index (χ3v) is 3.33. The minimum atomic E-state index is 0.924. The highest BCUT2D eigenvalue weighted by molar-refractivity contribution is 4.98. The van der Waals surface area contributed by atoms with Gasteiger partial charge in [-0.2, -0.15) is 0 Å². The average molecular weight is 153 g/mol. The van der Waals surface area contributed by atoms with E-state index in [2.05, 4.69) is 11.8 Å². The third kappa shape index (κ3) is 1.58. The average Bonchev–Trinajstić information content (AvgIpc) is 2.63. The summed E-state index contributed by atoms with van der Waals surface area (Å²) in [6, 6.07) is 1.90. The minimum Gasteiger partial charge on any atom is -0.295 e. The Kier molecular flexibility index (Phi) is 2.17. The van der Waals surface area contributed by atoms with Crippen LogP contribution in [0.1, 0.15) is 45.4 Å². The number of hydrogen-bond acceptors (Lipinski definition) is 1. The van der Waals surface area contributed by atoms with Crippen molar-refractivity contribution < 1.29 is 0 Å². The Labute approximate surface area is 69.8 Å². The van der Waals surface area contributed by atoms with Crippen LogP contribution in [0.2, 0.25) is 0 Å². The lowest BCUT2D eigenvalue weighted by molar-refractivity contribution is 0.462. The van der Waals surface area contributed by atoms with Crippen molar-refractivity contribution in [2.24, 2.45) is 0 Å². The molecule has 1 heteroatoms. The van der Waals surface area contributed by atoms with Gasteiger partial charge in [-0.3, -0.25) is 4.90 Å². The Morgan fingerprint density at radius 3 is 2.64 bits per heavy atom. The molecule has 2 aliphatic rings. The molecule has 0 spiro atoms. The second-order valence-corrected chi connectivity index (χ2v) is 4.10. The zero-order valence-corrected chi connectivity index (χ0v) is 7.55. The number of fused-ring (bicyclic) bond motifs is 1. The van der Waals surface area contributed by atoms with Crippen molar-refractivity contribution in [2.75, 3.05) is 6.54 Å².